The number of hydrogen-bond acceptors (Lipinski definition) is 8. The van der Waals surface area contributed by atoms with Crippen LogP contribution < -0.4 is 30.6 Å². The maximum absolute atomic E-state index is 5.98. The fraction of sp³-hybridized carbons (Fsp3) is 0.565. The maximum atomic E-state index is 5.98. The first-order valence-corrected chi connectivity index (χ1v) is 10.8. The van der Waals surface area contributed by atoms with Crippen LogP contribution in [0.25, 0.3) is 0 Å². The van der Waals surface area contributed by atoms with Crippen LogP contribution in [0.5, 0.6) is 17.2 Å². The van der Waals surface area contributed by atoms with Gasteiger partial charge in [-0.25, -0.2) is 4.98 Å². The van der Waals surface area contributed by atoms with Crippen LogP contribution in [0.2, 0.25) is 0 Å². The van der Waals surface area contributed by atoms with Crippen molar-refractivity contribution in [2.45, 2.75) is 52.1 Å². The zero-order chi connectivity index (χ0) is 22.4. The summed E-state index contributed by atoms with van der Waals surface area (Å²) in [5.41, 5.74) is 8.87. The van der Waals surface area contributed by atoms with Crippen LogP contribution >= 0.6 is 0 Å². The zero-order valence-electron chi connectivity index (χ0n) is 19.2. The van der Waals surface area contributed by atoms with Gasteiger partial charge in [-0.05, 0) is 52.0 Å². The Labute approximate surface area is 184 Å². The minimum atomic E-state index is 0.388. The highest BCUT2D eigenvalue weighted by atomic mass is 16.5. The van der Waals surface area contributed by atoms with E-state index in [0.717, 1.165) is 66.3 Å². The number of nitrogen functional groups attached to an aromatic ring is 1. The van der Waals surface area contributed by atoms with Gasteiger partial charge in [-0.3, -0.25) is 0 Å². The molecule has 170 valence electrons. The number of nitrogens with two attached hydrogens (primary N) is 1. The number of rotatable bonds is 9. The molecule has 0 saturated heterocycles. The topological polar surface area (TPSA) is 104 Å². The van der Waals surface area contributed by atoms with Gasteiger partial charge < -0.3 is 30.6 Å². The van der Waals surface area contributed by atoms with E-state index < -0.39 is 0 Å². The molecule has 8 heteroatoms. The molecule has 0 amide bonds. The molecule has 1 fully saturated rings. The molecule has 1 aromatic carbocycles. The number of methoxy groups -OCH3 is 3. The van der Waals surface area contributed by atoms with Crippen molar-refractivity contribution >= 4 is 11.8 Å². The lowest BCUT2D eigenvalue weighted by atomic mass is 9.86. The van der Waals surface area contributed by atoms with Crippen LogP contribution in [0.3, 0.4) is 0 Å². The summed E-state index contributed by atoms with van der Waals surface area (Å²) in [6.07, 6.45) is 4.50. The number of nitrogens with one attached hydrogen (secondary N) is 2. The molecule has 1 heterocycles. The number of nitrogens with zero attached hydrogens (tertiary/aromatic N) is 2. The third-order valence-electron chi connectivity index (χ3n) is 6.16. The smallest absolute Gasteiger partial charge is 0.225 e. The highest BCUT2D eigenvalue weighted by Crippen LogP contribution is 2.34. The Bertz CT molecular complexity index is 834. The van der Waals surface area contributed by atoms with Crippen molar-refractivity contribution < 1.29 is 14.2 Å². The van der Waals surface area contributed by atoms with Crippen LogP contribution in [0.4, 0.5) is 11.8 Å². The van der Waals surface area contributed by atoms with Gasteiger partial charge >= 0.3 is 0 Å². The molecule has 0 radical (unpaired) electrons. The monoisotopic (exact) mass is 429 g/mol. The van der Waals surface area contributed by atoms with E-state index in [9.17, 15) is 0 Å². The number of aryl methyl sites for hydroxylation is 1. The highest BCUT2D eigenvalue weighted by Gasteiger charge is 2.22. The van der Waals surface area contributed by atoms with Crippen molar-refractivity contribution in [3.05, 3.63) is 29.0 Å². The summed E-state index contributed by atoms with van der Waals surface area (Å²) in [4.78, 5) is 8.91. The highest BCUT2D eigenvalue weighted by molar-refractivity contribution is 5.50. The fourth-order valence-corrected chi connectivity index (χ4v) is 4.06. The van der Waals surface area contributed by atoms with Gasteiger partial charge in [0.15, 0.2) is 0 Å². The minimum absolute atomic E-state index is 0.388. The van der Waals surface area contributed by atoms with Gasteiger partial charge in [0.2, 0.25) is 5.95 Å². The van der Waals surface area contributed by atoms with Gasteiger partial charge in [-0.2, -0.15) is 4.98 Å². The summed E-state index contributed by atoms with van der Waals surface area (Å²) in [5, 5.41) is 7.05. The second-order valence-corrected chi connectivity index (χ2v) is 8.15. The molecule has 4 N–H and O–H groups in total. The Morgan fingerprint density at radius 2 is 1.61 bits per heavy atom. The van der Waals surface area contributed by atoms with E-state index in [-0.39, 0.29) is 0 Å². The molecular formula is C23H35N5O3. The molecule has 0 spiro atoms. The number of hydrogen-bond donors (Lipinski definition) is 3. The van der Waals surface area contributed by atoms with Crippen molar-refractivity contribution in [2.24, 2.45) is 5.92 Å². The van der Waals surface area contributed by atoms with Crippen molar-refractivity contribution in [1.29, 1.82) is 0 Å². The molecule has 0 atom stereocenters. The average Bonchev–Trinajstić information content (AvgIpc) is 2.78. The molecule has 0 unspecified atom stereocenters. The van der Waals surface area contributed by atoms with E-state index in [2.05, 4.69) is 20.6 Å². The number of benzene rings is 1. The summed E-state index contributed by atoms with van der Waals surface area (Å²) in [6, 6.07) is 4.16. The first-order chi connectivity index (χ1) is 14.9. The van der Waals surface area contributed by atoms with Crippen molar-refractivity contribution in [2.75, 3.05) is 38.9 Å². The van der Waals surface area contributed by atoms with Gasteiger partial charge in [0.25, 0.3) is 0 Å². The lowest BCUT2D eigenvalue weighted by Gasteiger charge is -2.29. The molecule has 8 nitrogen and oxygen atoms in total. The first-order valence-electron chi connectivity index (χ1n) is 10.8. The van der Waals surface area contributed by atoms with Gasteiger partial charge in [0, 0.05) is 36.0 Å². The number of aromatic nitrogens is 2. The van der Waals surface area contributed by atoms with Crippen LogP contribution in [0.15, 0.2) is 12.1 Å². The van der Waals surface area contributed by atoms with E-state index in [1.807, 2.05) is 26.0 Å². The van der Waals surface area contributed by atoms with Crippen LogP contribution in [0.1, 0.15) is 42.5 Å². The van der Waals surface area contributed by atoms with E-state index in [0.29, 0.717) is 30.3 Å². The third kappa shape index (κ3) is 5.70. The third-order valence-corrected chi connectivity index (χ3v) is 6.16. The summed E-state index contributed by atoms with van der Waals surface area (Å²) in [6.45, 7) is 5.56. The quantitative estimate of drug-likeness (QED) is 0.557. The van der Waals surface area contributed by atoms with Crippen LogP contribution in [0, 0.1) is 19.8 Å². The molecular weight excluding hydrogens is 394 g/mol. The normalized spacial score (nSPS) is 18.5. The average molecular weight is 430 g/mol. The van der Waals surface area contributed by atoms with Crippen molar-refractivity contribution in [3.63, 3.8) is 0 Å². The second kappa shape index (κ2) is 10.5. The van der Waals surface area contributed by atoms with E-state index in [4.69, 9.17) is 19.9 Å². The Hall–Kier alpha value is -2.74. The predicted octanol–water partition coefficient (Wildman–Crippen LogP) is 3.46. The standard InChI is InChI=1S/C23H35N5O3/c1-14-15(2)26-23(28-22(14)24)27-17-8-6-16(7-9-17)12-25-13-19-20(30-4)10-18(29-3)11-21(19)31-5/h10-11,16-17,25H,6-9,12-13H2,1-5H3,(H3,24,26,27,28)/t16-,17+. The summed E-state index contributed by atoms with van der Waals surface area (Å²) in [7, 11) is 4.97. The zero-order valence-corrected chi connectivity index (χ0v) is 19.2. The van der Waals surface area contributed by atoms with Crippen molar-refractivity contribution in [1.82, 2.24) is 15.3 Å². The summed E-state index contributed by atoms with van der Waals surface area (Å²) >= 11 is 0. The molecule has 3 rings (SSSR count). The first kappa shape index (κ1) is 22.9. The van der Waals surface area contributed by atoms with Gasteiger partial charge in [0.05, 0.1) is 26.9 Å². The van der Waals surface area contributed by atoms with Gasteiger partial charge in [-0.15, -0.1) is 0 Å². The van der Waals surface area contributed by atoms with E-state index in [1.54, 1.807) is 21.3 Å². The molecule has 1 aliphatic rings. The molecule has 1 saturated carbocycles. The molecule has 0 aliphatic heterocycles. The summed E-state index contributed by atoms with van der Waals surface area (Å²) in [5.74, 6) is 4.09. The molecule has 2 aromatic rings. The Morgan fingerprint density at radius 3 is 2.16 bits per heavy atom. The van der Waals surface area contributed by atoms with Gasteiger partial charge in [0.1, 0.15) is 23.1 Å². The van der Waals surface area contributed by atoms with Crippen LogP contribution in [-0.4, -0.2) is 43.9 Å². The lowest BCUT2D eigenvalue weighted by Crippen LogP contribution is -2.31. The number of ether oxygens (including phenoxy) is 3. The SMILES string of the molecule is COc1cc(OC)c(CNC[C@H]2CC[C@@H](Nc3nc(C)c(C)c(N)n3)CC2)c(OC)c1. The fourth-order valence-electron chi connectivity index (χ4n) is 4.06. The maximum Gasteiger partial charge on any atom is 0.225 e. The summed E-state index contributed by atoms with van der Waals surface area (Å²) < 4.78 is 16.4. The predicted molar refractivity (Wildman–Crippen MR) is 123 cm³/mol. The Kier molecular flexibility index (Phi) is 7.79. The van der Waals surface area contributed by atoms with E-state index >= 15 is 0 Å². The second-order valence-electron chi connectivity index (χ2n) is 8.15. The minimum Gasteiger partial charge on any atom is -0.496 e. The molecule has 1 aromatic heterocycles. The van der Waals surface area contributed by atoms with E-state index in [1.165, 1.54) is 0 Å². The lowest BCUT2D eigenvalue weighted by molar-refractivity contribution is 0.320. The Balaban J connectivity index is 1.49. The Morgan fingerprint density at radius 1 is 0.968 bits per heavy atom. The molecule has 1 aliphatic carbocycles. The van der Waals surface area contributed by atoms with Gasteiger partial charge in [-0.1, -0.05) is 0 Å². The number of anilines is 2. The largest absolute Gasteiger partial charge is 0.496 e. The molecule has 0 bridgehead atoms. The molecule has 31 heavy (non-hydrogen) atoms. The van der Waals surface area contributed by atoms with Crippen molar-refractivity contribution in [3.8, 4) is 17.2 Å². The van der Waals surface area contributed by atoms with Crippen LogP contribution in [-0.2, 0) is 6.54 Å².